The molecule has 0 heterocycles. The summed E-state index contributed by atoms with van der Waals surface area (Å²) in [6.45, 7) is 10.9. The zero-order valence-corrected chi connectivity index (χ0v) is 20.8. The molecular weight excluding hydrogens is 471 g/mol. The lowest BCUT2D eigenvalue weighted by Gasteiger charge is -2.09. The minimum absolute atomic E-state index is 0.111. The molecule has 0 aliphatic carbocycles. The van der Waals surface area contributed by atoms with Gasteiger partial charge in [-0.05, 0) is 0 Å². The van der Waals surface area contributed by atoms with Gasteiger partial charge in [-0.3, -0.25) is 0 Å². The summed E-state index contributed by atoms with van der Waals surface area (Å²) in [5, 5.41) is 0. The van der Waals surface area contributed by atoms with E-state index in [1.54, 1.807) is 0 Å². The van der Waals surface area contributed by atoms with Crippen LogP contribution in [0.2, 0.25) is 0 Å². The van der Waals surface area contributed by atoms with Crippen LogP contribution in [0.3, 0.4) is 0 Å². The molecule has 0 saturated heterocycles. The number of hydrogen-bond donors (Lipinski definition) is 0. The van der Waals surface area contributed by atoms with Crippen LogP contribution in [-0.4, -0.2) is 138 Å². The molecule has 0 bridgehead atoms. The summed E-state index contributed by atoms with van der Waals surface area (Å²) in [7, 11) is 0. The number of rotatable bonds is 30. The van der Waals surface area contributed by atoms with Crippen LogP contribution in [0.25, 0.3) is 0 Å². The Hall–Kier alpha value is -1.22. The van der Waals surface area contributed by atoms with E-state index in [9.17, 15) is 9.18 Å². The zero-order valence-electron chi connectivity index (χ0n) is 20.8. The first kappa shape index (κ1) is 33.8. The van der Waals surface area contributed by atoms with Crippen LogP contribution in [-0.2, 0) is 52.2 Å². The maximum Gasteiger partial charge on any atom is 0.330 e. The van der Waals surface area contributed by atoms with Crippen molar-refractivity contribution in [2.45, 2.75) is 0 Å². The Morgan fingerprint density at radius 3 is 0.914 bits per heavy atom. The lowest BCUT2D eigenvalue weighted by atomic mass is 10.6. The molecule has 0 unspecified atom stereocenters. The predicted octanol–water partition coefficient (Wildman–Crippen LogP) is 0.835. The first-order chi connectivity index (χ1) is 17.3. The van der Waals surface area contributed by atoms with Crippen LogP contribution < -0.4 is 0 Å². The largest absolute Gasteiger partial charge is 0.460 e. The van der Waals surface area contributed by atoms with Gasteiger partial charge in [-0.1, -0.05) is 6.58 Å². The topological polar surface area (TPSA) is 109 Å². The van der Waals surface area contributed by atoms with Crippen LogP contribution in [0.15, 0.2) is 12.7 Å². The fourth-order valence-corrected chi connectivity index (χ4v) is 2.18. The number of halogens is 1. The lowest BCUT2D eigenvalue weighted by molar-refractivity contribution is -0.139. The number of esters is 1. The van der Waals surface area contributed by atoms with E-state index < -0.39 is 12.6 Å². The molecule has 11 nitrogen and oxygen atoms in total. The second kappa shape index (κ2) is 30.8. The van der Waals surface area contributed by atoms with Crippen LogP contribution in [0, 0.1) is 0 Å². The Balaban J connectivity index is 3.03. The van der Waals surface area contributed by atoms with Gasteiger partial charge in [0.25, 0.3) is 0 Å². The highest BCUT2D eigenvalue weighted by Crippen LogP contribution is 1.87. The van der Waals surface area contributed by atoms with E-state index in [0.717, 1.165) is 6.08 Å². The quantitative estimate of drug-likeness (QED) is 0.0773. The van der Waals surface area contributed by atoms with Crippen molar-refractivity contribution in [3.63, 3.8) is 0 Å². The normalized spacial score (nSPS) is 11.1. The molecule has 0 radical (unpaired) electrons. The SMILES string of the molecule is C=CC(=O)OCCOCCOCCOCCOCCOCCOCCOCCOCCOCCF. The van der Waals surface area contributed by atoms with Gasteiger partial charge in [0.05, 0.1) is 119 Å². The molecule has 0 atom stereocenters. The second-order valence-electron chi connectivity index (χ2n) is 6.57. The Morgan fingerprint density at radius 1 is 0.457 bits per heavy atom. The molecule has 35 heavy (non-hydrogen) atoms. The van der Waals surface area contributed by atoms with Gasteiger partial charge in [0.15, 0.2) is 0 Å². The molecule has 0 amide bonds. The van der Waals surface area contributed by atoms with Crippen molar-refractivity contribution in [1.82, 2.24) is 0 Å². The van der Waals surface area contributed by atoms with Crippen LogP contribution in [0.4, 0.5) is 4.39 Å². The minimum atomic E-state index is -0.477. The third kappa shape index (κ3) is 30.7. The molecule has 0 spiro atoms. The van der Waals surface area contributed by atoms with Gasteiger partial charge < -0.3 is 47.4 Å². The van der Waals surface area contributed by atoms with Gasteiger partial charge in [-0.15, -0.1) is 0 Å². The Labute approximate surface area is 208 Å². The average molecular weight is 515 g/mol. The van der Waals surface area contributed by atoms with E-state index >= 15 is 0 Å². The molecule has 0 aromatic heterocycles. The summed E-state index contributed by atoms with van der Waals surface area (Å²) in [5.74, 6) is -0.461. The standard InChI is InChI=1S/C23H43FO11/c1-2-23(25)35-22-21-34-20-19-33-18-17-32-16-15-31-14-13-30-12-11-29-10-9-28-8-7-27-6-5-26-4-3-24/h2H,1,3-22H2. The predicted molar refractivity (Wildman–Crippen MR) is 125 cm³/mol. The third-order valence-corrected chi connectivity index (χ3v) is 3.84. The number of alkyl halides is 1. The molecule has 0 N–H and O–H groups in total. The second-order valence-corrected chi connectivity index (χ2v) is 6.57. The molecule has 0 fully saturated rings. The lowest BCUT2D eigenvalue weighted by Crippen LogP contribution is -2.15. The molecule has 208 valence electrons. The van der Waals surface area contributed by atoms with Crippen molar-refractivity contribution in [3.8, 4) is 0 Å². The Morgan fingerprint density at radius 2 is 0.686 bits per heavy atom. The molecule has 0 aromatic rings. The number of hydrogen-bond acceptors (Lipinski definition) is 11. The Bertz CT molecular complexity index is 444. The number of carbonyl (C=O) groups excluding carboxylic acids is 1. The molecule has 0 aliphatic heterocycles. The summed E-state index contributed by atoms with van der Waals surface area (Å²) in [6, 6.07) is 0. The highest BCUT2D eigenvalue weighted by atomic mass is 19.1. The van der Waals surface area contributed by atoms with E-state index in [1.165, 1.54) is 0 Å². The molecule has 0 saturated carbocycles. The minimum Gasteiger partial charge on any atom is -0.460 e. The van der Waals surface area contributed by atoms with Crippen molar-refractivity contribution < 1.29 is 56.6 Å². The monoisotopic (exact) mass is 514 g/mol. The van der Waals surface area contributed by atoms with Crippen molar-refractivity contribution in [2.24, 2.45) is 0 Å². The highest BCUT2D eigenvalue weighted by Gasteiger charge is 1.97. The maximum absolute atomic E-state index is 11.8. The summed E-state index contributed by atoms with van der Waals surface area (Å²) < 4.78 is 64.3. The summed E-state index contributed by atoms with van der Waals surface area (Å²) in [5.41, 5.74) is 0. The van der Waals surface area contributed by atoms with Crippen LogP contribution in [0.1, 0.15) is 0 Å². The molecule has 0 rings (SSSR count). The van der Waals surface area contributed by atoms with Gasteiger partial charge in [0.2, 0.25) is 0 Å². The number of carbonyl (C=O) groups is 1. The fraction of sp³-hybridized carbons (Fsp3) is 0.870. The van der Waals surface area contributed by atoms with E-state index in [0.29, 0.717) is 112 Å². The highest BCUT2D eigenvalue weighted by molar-refractivity contribution is 5.81. The van der Waals surface area contributed by atoms with Crippen molar-refractivity contribution in [2.75, 3.05) is 132 Å². The van der Waals surface area contributed by atoms with E-state index in [4.69, 9.17) is 47.4 Å². The van der Waals surface area contributed by atoms with Crippen LogP contribution >= 0.6 is 0 Å². The summed E-state index contributed by atoms with van der Waals surface area (Å²) in [6.07, 6.45) is 1.11. The molecule has 0 aliphatic rings. The van der Waals surface area contributed by atoms with E-state index in [1.807, 2.05) is 0 Å². The first-order valence-electron chi connectivity index (χ1n) is 11.9. The number of ether oxygens (including phenoxy) is 10. The summed E-state index contributed by atoms with van der Waals surface area (Å²) >= 11 is 0. The summed E-state index contributed by atoms with van der Waals surface area (Å²) in [4.78, 5) is 10.8. The van der Waals surface area contributed by atoms with Gasteiger partial charge in [0.1, 0.15) is 13.3 Å². The Kier molecular flexibility index (Phi) is 29.7. The van der Waals surface area contributed by atoms with Crippen molar-refractivity contribution in [1.29, 1.82) is 0 Å². The van der Waals surface area contributed by atoms with Gasteiger partial charge in [-0.25, -0.2) is 9.18 Å². The zero-order chi connectivity index (χ0) is 25.5. The van der Waals surface area contributed by atoms with Crippen LogP contribution in [0.5, 0.6) is 0 Å². The first-order valence-corrected chi connectivity index (χ1v) is 11.9. The van der Waals surface area contributed by atoms with E-state index in [2.05, 4.69) is 6.58 Å². The fourth-order valence-electron chi connectivity index (χ4n) is 2.18. The van der Waals surface area contributed by atoms with E-state index in [-0.39, 0.29) is 13.2 Å². The molecule has 0 aromatic carbocycles. The third-order valence-electron chi connectivity index (χ3n) is 3.84. The maximum atomic E-state index is 11.8. The molecule has 12 heteroatoms. The van der Waals surface area contributed by atoms with Gasteiger partial charge in [0, 0.05) is 6.08 Å². The van der Waals surface area contributed by atoms with Crippen molar-refractivity contribution >= 4 is 5.97 Å². The van der Waals surface area contributed by atoms with Crippen molar-refractivity contribution in [3.05, 3.63) is 12.7 Å². The smallest absolute Gasteiger partial charge is 0.330 e. The van der Waals surface area contributed by atoms with Gasteiger partial charge in [-0.2, -0.15) is 0 Å². The molecular formula is C23H43FO11. The average Bonchev–Trinajstić information content (AvgIpc) is 2.87. The van der Waals surface area contributed by atoms with Gasteiger partial charge >= 0.3 is 5.97 Å².